The molecule has 0 heterocycles. The van der Waals surface area contributed by atoms with Gasteiger partial charge in [-0.15, -0.1) is 0 Å². The van der Waals surface area contributed by atoms with Crippen molar-refractivity contribution >= 4 is 31.9 Å². The number of nitrogens with two attached hydrogens (primary N) is 2. The average molecular weight is 486 g/mol. The fourth-order valence-corrected chi connectivity index (χ4v) is 3.70. The molecule has 2 aromatic carbocycles. The topological polar surface area (TPSA) is 134 Å². The Hall–Kier alpha value is -2.14. The van der Waals surface area contributed by atoms with Gasteiger partial charge in [0, 0.05) is 6.54 Å². The van der Waals surface area contributed by atoms with Crippen molar-refractivity contribution in [3.63, 3.8) is 0 Å². The first kappa shape index (κ1) is 23.1. The molecule has 29 heavy (non-hydrogen) atoms. The van der Waals surface area contributed by atoms with Crippen LogP contribution in [0.5, 0.6) is 11.5 Å². The lowest BCUT2D eigenvalue weighted by molar-refractivity contribution is -0.119. The second kappa shape index (κ2) is 10.6. The lowest BCUT2D eigenvalue weighted by Crippen LogP contribution is -2.20. The Kier molecular flexibility index (Phi) is 8.45. The van der Waals surface area contributed by atoms with Crippen molar-refractivity contribution in [3.8, 4) is 11.5 Å². The maximum Gasteiger partial charge on any atom is 0.255 e. The van der Waals surface area contributed by atoms with Gasteiger partial charge in [0.25, 0.3) is 5.91 Å². The molecule has 0 atom stereocenters. The molecule has 0 aliphatic carbocycles. The fraction of sp³-hybridized carbons (Fsp3) is 0.316. The highest BCUT2D eigenvalue weighted by Crippen LogP contribution is 2.37. The Labute approximate surface area is 178 Å². The van der Waals surface area contributed by atoms with Crippen molar-refractivity contribution in [3.05, 3.63) is 52.0 Å². The molecule has 2 aromatic rings. The van der Waals surface area contributed by atoms with E-state index in [0.29, 0.717) is 35.7 Å². The average Bonchev–Trinajstić information content (AvgIpc) is 2.64. The van der Waals surface area contributed by atoms with Crippen molar-refractivity contribution < 1.29 is 22.7 Å². The zero-order chi connectivity index (χ0) is 21.4. The second-order valence-electron chi connectivity index (χ2n) is 6.21. The smallest absolute Gasteiger partial charge is 0.255 e. The lowest BCUT2D eigenvalue weighted by atomic mass is 10.1. The van der Waals surface area contributed by atoms with Crippen molar-refractivity contribution in [2.24, 2.45) is 10.9 Å². The molecule has 2 rings (SSSR count). The van der Waals surface area contributed by atoms with Gasteiger partial charge in [-0.2, -0.15) is 0 Å². The molecule has 5 N–H and O–H groups in total. The number of primary sulfonamides is 1. The molecule has 0 fully saturated rings. The Morgan fingerprint density at radius 3 is 2.41 bits per heavy atom. The number of halogens is 1. The van der Waals surface area contributed by atoms with Gasteiger partial charge in [0.15, 0.2) is 18.1 Å². The van der Waals surface area contributed by atoms with Gasteiger partial charge in [-0.3, -0.25) is 4.79 Å². The molecule has 0 aliphatic rings. The van der Waals surface area contributed by atoms with Crippen molar-refractivity contribution in [1.29, 1.82) is 0 Å². The van der Waals surface area contributed by atoms with E-state index in [1.807, 2.05) is 19.1 Å². The molecule has 0 aromatic heterocycles. The zero-order valence-electron chi connectivity index (χ0n) is 16.0. The normalized spacial score (nSPS) is 11.3. The van der Waals surface area contributed by atoms with Crippen LogP contribution in [-0.2, 0) is 27.8 Å². The van der Waals surface area contributed by atoms with E-state index in [1.54, 1.807) is 12.1 Å². The summed E-state index contributed by atoms with van der Waals surface area (Å²) in [5, 5.41) is 8.42. The molecule has 158 valence electrons. The highest BCUT2D eigenvalue weighted by molar-refractivity contribution is 9.10. The molecule has 0 spiro atoms. The predicted octanol–water partition coefficient (Wildman–Crippen LogP) is 1.69. The van der Waals surface area contributed by atoms with Gasteiger partial charge < -0.3 is 20.5 Å². The first-order chi connectivity index (χ1) is 13.7. The van der Waals surface area contributed by atoms with E-state index >= 15 is 0 Å². The minimum atomic E-state index is -3.67. The van der Waals surface area contributed by atoms with E-state index in [-0.39, 0.29) is 11.5 Å². The van der Waals surface area contributed by atoms with Crippen molar-refractivity contribution in [1.82, 2.24) is 5.32 Å². The highest BCUT2D eigenvalue weighted by atomic mass is 79.9. The van der Waals surface area contributed by atoms with E-state index in [4.69, 9.17) is 20.3 Å². The molecular weight excluding hydrogens is 462 g/mol. The first-order valence-corrected chi connectivity index (χ1v) is 11.2. The summed E-state index contributed by atoms with van der Waals surface area (Å²) < 4.78 is 34.3. The van der Waals surface area contributed by atoms with Crippen LogP contribution in [0.1, 0.15) is 18.1 Å². The number of nitrogens with one attached hydrogen (secondary N) is 1. The summed E-state index contributed by atoms with van der Waals surface area (Å²) in [7, 11) is -3.67. The number of carbonyl (C=O) groups excluding carboxylic acids is 1. The second-order valence-corrected chi connectivity index (χ2v) is 8.62. The Morgan fingerprint density at radius 2 is 1.83 bits per heavy atom. The largest absolute Gasteiger partial charge is 0.490 e. The van der Waals surface area contributed by atoms with Crippen LogP contribution in [0.25, 0.3) is 0 Å². The summed E-state index contributed by atoms with van der Waals surface area (Å²) in [6.07, 6.45) is 0.726. The number of hydrogen-bond acceptors (Lipinski definition) is 6. The maximum atomic E-state index is 11.3. The lowest BCUT2D eigenvalue weighted by Gasteiger charge is -2.15. The summed E-state index contributed by atoms with van der Waals surface area (Å²) in [6, 6.07) is 10.2. The number of ether oxygens (including phenoxy) is 2. The molecule has 0 radical (unpaired) electrons. The standard InChI is InChI=1S/C19H24BrN3O5S/c1-2-27-17-10-14(9-16(20)19(17)28-12-18(21)24)11-23-8-7-13-3-5-15(6-4-13)29(22,25)26/h3-6,9-10,23H,2,7-8,11-12H2,1H3,(H2,21,24)(H2,22,25,26). The number of sulfonamides is 1. The molecule has 0 saturated carbocycles. The Bertz CT molecular complexity index is 949. The molecule has 0 unspecified atom stereocenters. The van der Waals surface area contributed by atoms with Crippen molar-refractivity contribution in [2.75, 3.05) is 19.8 Å². The summed E-state index contributed by atoms with van der Waals surface area (Å²) in [6.45, 7) is 3.35. The molecule has 0 aliphatic heterocycles. The quantitative estimate of drug-likeness (QED) is 0.414. The molecule has 8 nitrogen and oxygen atoms in total. The molecular formula is C19H24BrN3O5S. The molecule has 0 saturated heterocycles. The van der Waals surface area contributed by atoms with E-state index < -0.39 is 15.9 Å². The van der Waals surface area contributed by atoms with E-state index in [9.17, 15) is 13.2 Å². The Balaban J connectivity index is 1.95. The van der Waals surface area contributed by atoms with Crippen LogP contribution >= 0.6 is 15.9 Å². The van der Waals surface area contributed by atoms with Gasteiger partial charge in [-0.1, -0.05) is 12.1 Å². The van der Waals surface area contributed by atoms with Crippen LogP contribution < -0.4 is 25.7 Å². The van der Waals surface area contributed by atoms with Crippen LogP contribution in [0, 0.1) is 0 Å². The van der Waals surface area contributed by atoms with Crippen LogP contribution in [0.2, 0.25) is 0 Å². The van der Waals surface area contributed by atoms with Crippen LogP contribution in [0.4, 0.5) is 0 Å². The SMILES string of the molecule is CCOc1cc(CNCCc2ccc(S(N)(=O)=O)cc2)cc(Br)c1OCC(N)=O. The first-order valence-electron chi connectivity index (χ1n) is 8.89. The summed E-state index contributed by atoms with van der Waals surface area (Å²) in [4.78, 5) is 11.1. The third kappa shape index (κ3) is 7.32. The fourth-order valence-electron chi connectivity index (χ4n) is 2.58. The summed E-state index contributed by atoms with van der Waals surface area (Å²) in [5.41, 5.74) is 7.10. The van der Waals surface area contributed by atoms with Gasteiger partial charge in [0.05, 0.1) is 16.0 Å². The Morgan fingerprint density at radius 1 is 1.14 bits per heavy atom. The third-order valence-corrected chi connectivity index (χ3v) is 5.42. The van der Waals surface area contributed by atoms with Crippen LogP contribution in [-0.4, -0.2) is 34.1 Å². The third-order valence-electron chi connectivity index (χ3n) is 3.90. The number of benzene rings is 2. The maximum absolute atomic E-state index is 11.3. The van der Waals surface area contributed by atoms with Gasteiger partial charge in [-0.25, -0.2) is 13.6 Å². The van der Waals surface area contributed by atoms with E-state index in [2.05, 4.69) is 21.2 Å². The molecule has 10 heteroatoms. The minimum absolute atomic E-state index is 0.0983. The number of hydrogen-bond donors (Lipinski definition) is 3. The number of rotatable bonds is 11. The zero-order valence-corrected chi connectivity index (χ0v) is 18.4. The molecule has 0 bridgehead atoms. The van der Waals surface area contributed by atoms with Gasteiger partial charge in [-0.05, 0) is 71.2 Å². The monoisotopic (exact) mass is 485 g/mol. The number of primary amides is 1. The molecule has 1 amide bonds. The van der Waals surface area contributed by atoms with Crippen molar-refractivity contribution in [2.45, 2.75) is 24.8 Å². The highest BCUT2D eigenvalue weighted by Gasteiger charge is 2.13. The van der Waals surface area contributed by atoms with Gasteiger partial charge in [0.1, 0.15) is 0 Å². The van der Waals surface area contributed by atoms with Crippen LogP contribution in [0.15, 0.2) is 45.8 Å². The van der Waals surface area contributed by atoms with Gasteiger partial charge >= 0.3 is 0 Å². The number of carbonyl (C=O) groups is 1. The minimum Gasteiger partial charge on any atom is -0.490 e. The van der Waals surface area contributed by atoms with E-state index in [0.717, 1.165) is 17.5 Å². The summed E-state index contributed by atoms with van der Waals surface area (Å²) in [5.74, 6) is 0.394. The predicted molar refractivity (Wildman–Crippen MR) is 113 cm³/mol. The van der Waals surface area contributed by atoms with Gasteiger partial charge in [0.2, 0.25) is 10.0 Å². The number of amides is 1. The van der Waals surface area contributed by atoms with E-state index in [1.165, 1.54) is 12.1 Å². The summed E-state index contributed by atoms with van der Waals surface area (Å²) >= 11 is 3.44. The van der Waals surface area contributed by atoms with Crippen LogP contribution in [0.3, 0.4) is 0 Å².